The zero-order valence-corrected chi connectivity index (χ0v) is 12.6. The molecule has 0 fully saturated rings. The van der Waals surface area contributed by atoms with Crippen LogP contribution in [0.4, 0.5) is 5.69 Å². The highest BCUT2D eigenvalue weighted by Gasteiger charge is 2.09. The van der Waals surface area contributed by atoms with Crippen molar-refractivity contribution in [3.63, 3.8) is 0 Å². The molecule has 0 saturated heterocycles. The Kier molecular flexibility index (Phi) is 7.45. The lowest BCUT2D eigenvalue weighted by Crippen LogP contribution is -2.30. The Hall–Kier alpha value is -1.13. The molecule has 1 heterocycles. The lowest BCUT2D eigenvalue weighted by atomic mass is 10.2. The van der Waals surface area contributed by atoms with E-state index >= 15 is 0 Å². The van der Waals surface area contributed by atoms with Crippen molar-refractivity contribution in [2.75, 3.05) is 37.6 Å². The standard InChI is InChI=1S/C15H28N4/c1-4-18(5-2)10-7-11-19(6-3)15-13-17-9-8-14(15)12-16/h8-9,13H,4-7,10-12,16H2,1-3H3. The topological polar surface area (TPSA) is 45.4 Å². The molecule has 0 bridgehead atoms. The van der Waals surface area contributed by atoms with Crippen molar-refractivity contribution in [3.8, 4) is 0 Å². The van der Waals surface area contributed by atoms with Crippen molar-refractivity contribution in [1.29, 1.82) is 0 Å². The van der Waals surface area contributed by atoms with Crippen molar-refractivity contribution < 1.29 is 0 Å². The van der Waals surface area contributed by atoms with E-state index in [1.807, 2.05) is 18.5 Å². The first-order valence-corrected chi connectivity index (χ1v) is 7.36. The number of hydrogen-bond acceptors (Lipinski definition) is 4. The maximum Gasteiger partial charge on any atom is 0.0598 e. The monoisotopic (exact) mass is 264 g/mol. The van der Waals surface area contributed by atoms with Gasteiger partial charge in [0.1, 0.15) is 0 Å². The molecule has 4 heteroatoms. The van der Waals surface area contributed by atoms with Crippen molar-refractivity contribution in [2.24, 2.45) is 5.73 Å². The van der Waals surface area contributed by atoms with Crippen LogP contribution in [0, 0.1) is 0 Å². The van der Waals surface area contributed by atoms with Crippen LogP contribution in [0.25, 0.3) is 0 Å². The third-order valence-electron chi connectivity index (χ3n) is 3.63. The zero-order valence-electron chi connectivity index (χ0n) is 12.6. The predicted octanol–water partition coefficient (Wildman–Crippen LogP) is 2.10. The van der Waals surface area contributed by atoms with Gasteiger partial charge in [-0.2, -0.15) is 0 Å². The fraction of sp³-hybridized carbons (Fsp3) is 0.667. The Labute approximate surface area is 117 Å². The molecule has 0 aromatic carbocycles. The smallest absolute Gasteiger partial charge is 0.0598 e. The van der Waals surface area contributed by atoms with Gasteiger partial charge < -0.3 is 15.5 Å². The summed E-state index contributed by atoms with van der Waals surface area (Å²) >= 11 is 0. The van der Waals surface area contributed by atoms with Gasteiger partial charge in [0.25, 0.3) is 0 Å². The molecule has 19 heavy (non-hydrogen) atoms. The maximum absolute atomic E-state index is 5.80. The molecule has 0 atom stereocenters. The van der Waals surface area contributed by atoms with Crippen LogP contribution in [0.3, 0.4) is 0 Å². The van der Waals surface area contributed by atoms with Gasteiger partial charge in [0.05, 0.1) is 11.9 Å². The first kappa shape index (κ1) is 15.9. The van der Waals surface area contributed by atoms with Crippen LogP contribution in [0.2, 0.25) is 0 Å². The summed E-state index contributed by atoms with van der Waals surface area (Å²) in [6.07, 6.45) is 4.92. The van der Waals surface area contributed by atoms with Gasteiger partial charge >= 0.3 is 0 Å². The lowest BCUT2D eigenvalue weighted by Gasteiger charge is -2.26. The summed E-state index contributed by atoms with van der Waals surface area (Å²) in [6.45, 7) is 12.7. The van der Waals surface area contributed by atoms with Gasteiger partial charge in [-0.3, -0.25) is 4.98 Å². The Morgan fingerprint density at radius 2 is 1.84 bits per heavy atom. The van der Waals surface area contributed by atoms with Crippen LogP contribution in [0.1, 0.15) is 32.8 Å². The first-order chi connectivity index (χ1) is 9.26. The molecule has 1 rings (SSSR count). The average molecular weight is 264 g/mol. The number of hydrogen-bond donors (Lipinski definition) is 1. The summed E-state index contributed by atoms with van der Waals surface area (Å²) in [7, 11) is 0. The second kappa shape index (κ2) is 8.88. The summed E-state index contributed by atoms with van der Waals surface area (Å²) in [5, 5.41) is 0. The zero-order chi connectivity index (χ0) is 14.1. The number of nitrogens with two attached hydrogens (primary N) is 1. The summed E-state index contributed by atoms with van der Waals surface area (Å²) in [4.78, 5) is 9.06. The Morgan fingerprint density at radius 3 is 2.42 bits per heavy atom. The summed E-state index contributed by atoms with van der Waals surface area (Å²) < 4.78 is 0. The number of anilines is 1. The molecule has 108 valence electrons. The van der Waals surface area contributed by atoms with Crippen LogP contribution in [0.5, 0.6) is 0 Å². The van der Waals surface area contributed by atoms with E-state index in [1.165, 1.54) is 17.7 Å². The minimum atomic E-state index is 0.574. The maximum atomic E-state index is 5.80. The van der Waals surface area contributed by atoms with Crippen LogP contribution < -0.4 is 10.6 Å². The molecule has 0 aliphatic carbocycles. The molecule has 1 aromatic rings. The van der Waals surface area contributed by atoms with Crippen LogP contribution >= 0.6 is 0 Å². The van der Waals surface area contributed by atoms with Gasteiger partial charge in [0, 0.05) is 25.8 Å². The van der Waals surface area contributed by atoms with Gasteiger partial charge in [0.15, 0.2) is 0 Å². The summed E-state index contributed by atoms with van der Waals surface area (Å²) in [6, 6.07) is 2.02. The highest BCUT2D eigenvalue weighted by molar-refractivity contribution is 5.51. The summed E-state index contributed by atoms with van der Waals surface area (Å²) in [5.41, 5.74) is 8.17. The van der Waals surface area contributed by atoms with E-state index < -0.39 is 0 Å². The van der Waals surface area contributed by atoms with Gasteiger partial charge in [-0.05, 0) is 44.6 Å². The van der Waals surface area contributed by atoms with Crippen LogP contribution in [-0.4, -0.2) is 42.6 Å². The van der Waals surface area contributed by atoms with Gasteiger partial charge in [-0.1, -0.05) is 13.8 Å². The van der Waals surface area contributed by atoms with E-state index in [4.69, 9.17) is 5.73 Å². The molecule has 0 amide bonds. The molecule has 0 spiro atoms. The number of pyridine rings is 1. The van der Waals surface area contributed by atoms with E-state index in [0.717, 1.165) is 32.7 Å². The van der Waals surface area contributed by atoms with E-state index in [1.54, 1.807) is 0 Å². The van der Waals surface area contributed by atoms with Crippen molar-refractivity contribution in [3.05, 3.63) is 24.0 Å². The second-order valence-electron chi connectivity index (χ2n) is 4.67. The number of rotatable bonds is 9. The van der Waals surface area contributed by atoms with Crippen LogP contribution in [-0.2, 0) is 6.54 Å². The first-order valence-electron chi connectivity index (χ1n) is 7.36. The molecule has 0 radical (unpaired) electrons. The van der Waals surface area contributed by atoms with Crippen molar-refractivity contribution >= 4 is 5.69 Å². The summed E-state index contributed by atoms with van der Waals surface area (Å²) in [5.74, 6) is 0. The molecule has 0 saturated carbocycles. The molecule has 4 nitrogen and oxygen atoms in total. The van der Waals surface area contributed by atoms with E-state index in [0.29, 0.717) is 6.54 Å². The Morgan fingerprint density at radius 1 is 1.11 bits per heavy atom. The van der Waals surface area contributed by atoms with E-state index in [9.17, 15) is 0 Å². The molecular weight excluding hydrogens is 236 g/mol. The highest BCUT2D eigenvalue weighted by Crippen LogP contribution is 2.18. The lowest BCUT2D eigenvalue weighted by molar-refractivity contribution is 0.300. The molecule has 0 unspecified atom stereocenters. The molecule has 2 N–H and O–H groups in total. The minimum Gasteiger partial charge on any atom is -0.370 e. The highest BCUT2D eigenvalue weighted by atomic mass is 15.1. The van der Waals surface area contributed by atoms with E-state index in [-0.39, 0.29) is 0 Å². The van der Waals surface area contributed by atoms with E-state index in [2.05, 4.69) is 35.6 Å². The quantitative estimate of drug-likeness (QED) is 0.742. The fourth-order valence-electron chi connectivity index (χ4n) is 2.35. The van der Waals surface area contributed by atoms with Crippen molar-refractivity contribution in [1.82, 2.24) is 9.88 Å². The number of aromatic nitrogens is 1. The molecule has 0 aliphatic rings. The third kappa shape index (κ3) is 4.80. The average Bonchev–Trinajstić information content (AvgIpc) is 2.48. The molecule has 0 aliphatic heterocycles. The largest absolute Gasteiger partial charge is 0.370 e. The van der Waals surface area contributed by atoms with Gasteiger partial charge in [-0.25, -0.2) is 0 Å². The Bertz CT molecular complexity index is 350. The van der Waals surface area contributed by atoms with Crippen LogP contribution in [0.15, 0.2) is 18.5 Å². The predicted molar refractivity (Wildman–Crippen MR) is 82.4 cm³/mol. The molecular formula is C15H28N4. The molecule has 1 aromatic heterocycles. The third-order valence-corrected chi connectivity index (χ3v) is 3.63. The SMILES string of the molecule is CCN(CC)CCCN(CC)c1cnccc1CN. The van der Waals surface area contributed by atoms with Gasteiger partial charge in [0.2, 0.25) is 0 Å². The minimum absolute atomic E-state index is 0.574. The number of nitrogens with zero attached hydrogens (tertiary/aromatic N) is 3. The second-order valence-corrected chi connectivity index (χ2v) is 4.67. The van der Waals surface area contributed by atoms with Crippen molar-refractivity contribution in [2.45, 2.75) is 33.7 Å². The van der Waals surface area contributed by atoms with Gasteiger partial charge in [-0.15, -0.1) is 0 Å². The normalized spacial score (nSPS) is 11.0. The Balaban J connectivity index is 2.58. The fourth-order valence-corrected chi connectivity index (χ4v) is 2.35.